The van der Waals surface area contributed by atoms with Crippen LogP contribution in [0.5, 0.6) is 0 Å². The lowest BCUT2D eigenvalue weighted by atomic mass is 9.80. The molecule has 1 aliphatic rings. The monoisotopic (exact) mass is 317 g/mol. The SMILES string of the molecule is c1cc(Nc2cnc(Nc3ccc(C4CCC4)cc3)nc2)ccn1. The number of anilines is 4. The van der Waals surface area contributed by atoms with Crippen molar-refractivity contribution in [1.29, 1.82) is 0 Å². The van der Waals surface area contributed by atoms with E-state index in [1.807, 2.05) is 12.1 Å². The lowest BCUT2D eigenvalue weighted by molar-refractivity contribution is 0.420. The van der Waals surface area contributed by atoms with Crippen LogP contribution >= 0.6 is 0 Å². The van der Waals surface area contributed by atoms with E-state index >= 15 is 0 Å². The summed E-state index contributed by atoms with van der Waals surface area (Å²) in [6.07, 6.45) is 11.0. The first-order valence-corrected chi connectivity index (χ1v) is 8.23. The minimum absolute atomic E-state index is 0.590. The molecule has 2 heterocycles. The molecule has 2 aromatic heterocycles. The Morgan fingerprint density at radius 1 is 0.750 bits per heavy atom. The van der Waals surface area contributed by atoms with Crippen LogP contribution in [0.15, 0.2) is 61.2 Å². The quantitative estimate of drug-likeness (QED) is 0.718. The van der Waals surface area contributed by atoms with Crippen molar-refractivity contribution in [1.82, 2.24) is 15.0 Å². The minimum atomic E-state index is 0.590. The van der Waals surface area contributed by atoms with Crippen molar-refractivity contribution in [2.45, 2.75) is 25.2 Å². The highest BCUT2D eigenvalue weighted by Gasteiger charge is 2.18. The molecule has 24 heavy (non-hydrogen) atoms. The molecular weight excluding hydrogens is 298 g/mol. The van der Waals surface area contributed by atoms with E-state index in [-0.39, 0.29) is 0 Å². The molecule has 5 heteroatoms. The van der Waals surface area contributed by atoms with Gasteiger partial charge in [-0.3, -0.25) is 4.98 Å². The number of hydrogen-bond donors (Lipinski definition) is 2. The summed E-state index contributed by atoms with van der Waals surface area (Å²) in [5.41, 5.74) is 4.24. The Labute approximate surface area is 141 Å². The number of benzene rings is 1. The van der Waals surface area contributed by atoms with Crippen LogP contribution in [0.4, 0.5) is 23.0 Å². The van der Waals surface area contributed by atoms with E-state index in [9.17, 15) is 0 Å². The molecule has 1 aliphatic carbocycles. The molecule has 0 bridgehead atoms. The van der Waals surface area contributed by atoms with E-state index in [0.717, 1.165) is 23.0 Å². The molecule has 1 aromatic carbocycles. The summed E-state index contributed by atoms with van der Waals surface area (Å²) < 4.78 is 0. The zero-order valence-electron chi connectivity index (χ0n) is 13.3. The molecular formula is C19H19N5. The Hall–Kier alpha value is -2.95. The number of rotatable bonds is 5. The molecule has 120 valence electrons. The number of nitrogens with one attached hydrogen (secondary N) is 2. The van der Waals surface area contributed by atoms with E-state index in [4.69, 9.17) is 0 Å². The van der Waals surface area contributed by atoms with Crippen molar-refractivity contribution in [2.75, 3.05) is 10.6 Å². The summed E-state index contributed by atoms with van der Waals surface area (Å²) in [7, 11) is 0. The van der Waals surface area contributed by atoms with Crippen LogP contribution in [0.2, 0.25) is 0 Å². The van der Waals surface area contributed by atoms with Crippen molar-refractivity contribution < 1.29 is 0 Å². The number of pyridine rings is 1. The lowest BCUT2D eigenvalue weighted by Crippen LogP contribution is -2.08. The molecule has 1 saturated carbocycles. The predicted molar refractivity (Wildman–Crippen MR) is 95.9 cm³/mol. The first-order chi connectivity index (χ1) is 11.9. The second-order valence-electron chi connectivity index (χ2n) is 6.03. The zero-order valence-corrected chi connectivity index (χ0v) is 13.3. The summed E-state index contributed by atoms with van der Waals surface area (Å²) in [5, 5.41) is 6.47. The molecule has 0 amide bonds. The molecule has 0 unspecified atom stereocenters. The van der Waals surface area contributed by atoms with Crippen molar-refractivity contribution in [3.63, 3.8) is 0 Å². The van der Waals surface area contributed by atoms with Gasteiger partial charge in [-0.05, 0) is 48.6 Å². The van der Waals surface area contributed by atoms with Crippen LogP contribution in [-0.4, -0.2) is 15.0 Å². The number of nitrogens with zero attached hydrogens (tertiary/aromatic N) is 3. The van der Waals surface area contributed by atoms with Crippen LogP contribution in [0.1, 0.15) is 30.7 Å². The van der Waals surface area contributed by atoms with E-state index in [1.165, 1.54) is 24.8 Å². The standard InChI is InChI=1S/C19H19N5/c1-2-14(3-1)15-4-6-16(7-5-15)24-19-21-12-18(13-22-19)23-17-8-10-20-11-9-17/h4-14H,1-3H2,(H,20,23)(H,21,22,24). The van der Waals surface area contributed by atoms with Crippen LogP contribution in [-0.2, 0) is 0 Å². The average Bonchev–Trinajstić information content (AvgIpc) is 2.58. The summed E-state index contributed by atoms with van der Waals surface area (Å²) in [6.45, 7) is 0. The van der Waals surface area contributed by atoms with Gasteiger partial charge in [0.1, 0.15) is 0 Å². The molecule has 0 aliphatic heterocycles. The summed E-state index contributed by atoms with van der Waals surface area (Å²) in [5.74, 6) is 1.35. The molecule has 0 radical (unpaired) electrons. The molecule has 5 nitrogen and oxygen atoms in total. The van der Waals surface area contributed by atoms with E-state index in [0.29, 0.717) is 5.95 Å². The van der Waals surface area contributed by atoms with E-state index in [2.05, 4.69) is 49.9 Å². The Morgan fingerprint density at radius 3 is 2.04 bits per heavy atom. The fourth-order valence-electron chi connectivity index (χ4n) is 2.77. The van der Waals surface area contributed by atoms with E-state index in [1.54, 1.807) is 24.8 Å². The molecule has 0 atom stereocenters. The fraction of sp³-hybridized carbons (Fsp3) is 0.211. The number of aromatic nitrogens is 3. The van der Waals surface area contributed by atoms with Gasteiger partial charge in [-0.2, -0.15) is 0 Å². The van der Waals surface area contributed by atoms with Gasteiger partial charge in [-0.1, -0.05) is 18.6 Å². The largest absolute Gasteiger partial charge is 0.353 e. The Morgan fingerprint density at radius 2 is 1.42 bits per heavy atom. The summed E-state index contributed by atoms with van der Waals surface area (Å²) in [4.78, 5) is 12.7. The first-order valence-electron chi connectivity index (χ1n) is 8.23. The predicted octanol–water partition coefficient (Wildman–Crippen LogP) is 4.63. The molecule has 0 saturated heterocycles. The van der Waals surface area contributed by atoms with Crippen molar-refractivity contribution in [2.24, 2.45) is 0 Å². The van der Waals surface area contributed by atoms with Gasteiger partial charge in [-0.25, -0.2) is 9.97 Å². The van der Waals surface area contributed by atoms with Gasteiger partial charge in [-0.15, -0.1) is 0 Å². The first kappa shape index (κ1) is 14.6. The second kappa shape index (κ2) is 6.66. The molecule has 3 aromatic rings. The lowest BCUT2D eigenvalue weighted by Gasteiger charge is -2.25. The molecule has 4 rings (SSSR count). The summed E-state index contributed by atoms with van der Waals surface area (Å²) in [6, 6.07) is 12.4. The van der Waals surface area contributed by atoms with Crippen molar-refractivity contribution in [3.05, 3.63) is 66.7 Å². The third-order valence-corrected chi connectivity index (χ3v) is 4.36. The smallest absolute Gasteiger partial charge is 0.227 e. The third-order valence-electron chi connectivity index (χ3n) is 4.36. The fourth-order valence-corrected chi connectivity index (χ4v) is 2.77. The second-order valence-corrected chi connectivity index (χ2v) is 6.03. The van der Waals surface area contributed by atoms with Crippen LogP contribution < -0.4 is 10.6 Å². The maximum atomic E-state index is 4.35. The van der Waals surface area contributed by atoms with Gasteiger partial charge in [0.25, 0.3) is 0 Å². The zero-order chi connectivity index (χ0) is 16.2. The Bertz CT molecular complexity index is 780. The van der Waals surface area contributed by atoms with Gasteiger partial charge >= 0.3 is 0 Å². The average molecular weight is 317 g/mol. The van der Waals surface area contributed by atoms with Crippen molar-refractivity contribution >= 4 is 23.0 Å². The highest BCUT2D eigenvalue weighted by atomic mass is 15.1. The van der Waals surface area contributed by atoms with Crippen LogP contribution in [0, 0.1) is 0 Å². The molecule has 0 spiro atoms. The molecule has 2 N–H and O–H groups in total. The van der Waals surface area contributed by atoms with Crippen molar-refractivity contribution in [3.8, 4) is 0 Å². The van der Waals surface area contributed by atoms with Gasteiger partial charge in [0.2, 0.25) is 5.95 Å². The highest BCUT2D eigenvalue weighted by Crippen LogP contribution is 2.36. The highest BCUT2D eigenvalue weighted by molar-refractivity contribution is 5.59. The normalized spacial score (nSPS) is 14.0. The maximum absolute atomic E-state index is 4.35. The van der Waals surface area contributed by atoms with E-state index < -0.39 is 0 Å². The minimum Gasteiger partial charge on any atom is -0.353 e. The Kier molecular flexibility index (Phi) is 4.06. The van der Waals surface area contributed by atoms with Crippen LogP contribution in [0.25, 0.3) is 0 Å². The summed E-state index contributed by atoms with van der Waals surface area (Å²) >= 11 is 0. The van der Waals surface area contributed by atoms with Gasteiger partial charge in [0.05, 0.1) is 18.1 Å². The number of hydrogen-bond acceptors (Lipinski definition) is 5. The van der Waals surface area contributed by atoms with Crippen LogP contribution in [0.3, 0.4) is 0 Å². The van der Waals surface area contributed by atoms with Gasteiger partial charge in [0, 0.05) is 23.8 Å². The van der Waals surface area contributed by atoms with Gasteiger partial charge in [0.15, 0.2) is 0 Å². The molecule has 1 fully saturated rings. The van der Waals surface area contributed by atoms with Gasteiger partial charge < -0.3 is 10.6 Å². The topological polar surface area (TPSA) is 62.7 Å². The third kappa shape index (κ3) is 3.35. The maximum Gasteiger partial charge on any atom is 0.227 e. The Balaban J connectivity index is 1.39.